The van der Waals surface area contributed by atoms with Gasteiger partial charge in [0.15, 0.2) is 0 Å². The van der Waals surface area contributed by atoms with Gasteiger partial charge in [-0.25, -0.2) is 4.98 Å². The summed E-state index contributed by atoms with van der Waals surface area (Å²) in [7, 11) is 0. The van der Waals surface area contributed by atoms with E-state index in [1.54, 1.807) is 29.9 Å². The summed E-state index contributed by atoms with van der Waals surface area (Å²) < 4.78 is 0. The number of aromatic nitrogens is 3. The highest BCUT2D eigenvalue weighted by molar-refractivity contribution is 7.08. The van der Waals surface area contributed by atoms with Gasteiger partial charge in [-0.3, -0.25) is 4.98 Å². The topological polar surface area (TPSA) is 53.6 Å². The van der Waals surface area contributed by atoms with Gasteiger partial charge in [0.2, 0.25) is 0 Å². The van der Waals surface area contributed by atoms with Crippen molar-refractivity contribution in [2.45, 2.75) is 0 Å². The summed E-state index contributed by atoms with van der Waals surface area (Å²) in [5.74, 6) is 0.844. The number of nitrogens with one attached hydrogen (secondary N) is 2. The number of pyridine rings is 2. The number of hydrogen-bond donors (Lipinski definition) is 2. The average molecular weight is 292 g/mol. The summed E-state index contributed by atoms with van der Waals surface area (Å²) in [6, 6.07) is 10.1. The van der Waals surface area contributed by atoms with Crippen LogP contribution in [0.1, 0.15) is 0 Å². The standard InChI is InChI=1S/C16H12N4S/c1-5-17-6-2-12(1)19-16-13-9-15(11-4-8-21-10-11)20-14(13)3-7-18-16/h1-10,20H,(H,17,18,19). The smallest absolute Gasteiger partial charge is 0.139 e. The van der Waals surface area contributed by atoms with Crippen LogP contribution in [0, 0.1) is 0 Å². The summed E-state index contributed by atoms with van der Waals surface area (Å²) >= 11 is 1.69. The lowest BCUT2D eigenvalue weighted by atomic mass is 10.2. The molecule has 0 aliphatic rings. The number of nitrogens with zero attached hydrogens (tertiary/aromatic N) is 2. The molecule has 0 aromatic carbocycles. The monoisotopic (exact) mass is 292 g/mol. The zero-order chi connectivity index (χ0) is 14.1. The molecule has 0 unspecified atom stereocenters. The first-order valence-electron chi connectivity index (χ1n) is 6.57. The van der Waals surface area contributed by atoms with Crippen LogP contribution in [0.4, 0.5) is 11.5 Å². The molecule has 0 aliphatic carbocycles. The Labute approximate surface area is 125 Å². The number of rotatable bonds is 3. The molecule has 4 nitrogen and oxygen atoms in total. The van der Waals surface area contributed by atoms with E-state index in [4.69, 9.17) is 0 Å². The van der Waals surface area contributed by atoms with E-state index in [0.29, 0.717) is 0 Å². The highest BCUT2D eigenvalue weighted by Gasteiger charge is 2.08. The average Bonchev–Trinajstić information content (AvgIpc) is 3.18. The summed E-state index contributed by atoms with van der Waals surface area (Å²) in [4.78, 5) is 11.9. The quantitative estimate of drug-likeness (QED) is 0.587. The SMILES string of the molecule is c1cc(Nc2nccc3[nH]c(-c4ccsc4)cc23)ccn1. The molecule has 102 valence electrons. The molecule has 0 saturated heterocycles. The molecule has 0 spiro atoms. The minimum absolute atomic E-state index is 0.844. The number of fused-ring (bicyclic) bond motifs is 1. The number of aromatic amines is 1. The first kappa shape index (κ1) is 12.1. The van der Waals surface area contributed by atoms with Gasteiger partial charge < -0.3 is 10.3 Å². The van der Waals surface area contributed by atoms with Gasteiger partial charge in [-0.05, 0) is 35.7 Å². The van der Waals surface area contributed by atoms with Crippen molar-refractivity contribution in [2.24, 2.45) is 0 Å². The third-order valence-corrected chi connectivity index (χ3v) is 4.01. The van der Waals surface area contributed by atoms with Crippen molar-refractivity contribution in [1.82, 2.24) is 15.0 Å². The molecule has 0 amide bonds. The first-order valence-corrected chi connectivity index (χ1v) is 7.52. The molecule has 0 fully saturated rings. The van der Waals surface area contributed by atoms with Crippen LogP contribution in [-0.4, -0.2) is 15.0 Å². The minimum Gasteiger partial charge on any atom is -0.354 e. The fourth-order valence-corrected chi connectivity index (χ4v) is 2.95. The summed E-state index contributed by atoms with van der Waals surface area (Å²) in [6.45, 7) is 0. The Morgan fingerprint density at radius 1 is 1.05 bits per heavy atom. The lowest BCUT2D eigenvalue weighted by Crippen LogP contribution is -1.93. The molecule has 0 bridgehead atoms. The van der Waals surface area contributed by atoms with Gasteiger partial charge in [-0.2, -0.15) is 11.3 Å². The number of thiophene rings is 1. The van der Waals surface area contributed by atoms with Crippen molar-refractivity contribution >= 4 is 33.7 Å². The maximum absolute atomic E-state index is 4.45. The lowest BCUT2D eigenvalue weighted by molar-refractivity contribution is 1.30. The van der Waals surface area contributed by atoms with Crippen molar-refractivity contribution in [3.05, 3.63) is 59.7 Å². The molecule has 0 aliphatic heterocycles. The van der Waals surface area contributed by atoms with E-state index in [0.717, 1.165) is 28.1 Å². The molecule has 5 heteroatoms. The molecule has 0 saturated carbocycles. The van der Waals surface area contributed by atoms with E-state index in [-0.39, 0.29) is 0 Å². The molecule has 0 radical (unpaired) electrons. The van der Waals surface area contributed by atoms with E-state index in [1.807, 2.05) is 18.2 Å². The van der Waals surface area contributed by atoms with Gasteiger partial charge in [0.05, 0.1) is 5.52 Å². The molecular formula is C16H12N4S. The maximum atomic E-state index is 4.45. The normalized spacial score (nSPS) is 10.9. The van der Waals surface area contributed by atoms with Crippen LogP contribution < -0.4 is 5.32 Å². The second-order valence-electron chi connectivity index (χ2n) is 4.68. The Balaban J connectivity index is 1.79. The second-order valence-corrected chi connectivity index (χ2v) is 5.46. The molecule has 2 N–H and O–H groups in total. The van der Waals surface area contributed by atoms with Crippen molar-refractivity contribution < 1.29 is 0 Å². The van der Waals surface area contributed by atoms with Gasteiger partial charge in [-0.1, -0.05) is 0 Å². The van der Waals surface area contributed by atoms with Crippen molar-refractivity contribution in [1.29, 1.82) is 0 Å². The zero-order valence-electron chi connectivity index (χ0n) is 11.1. The van der Waals surface area contributed by atoms with Crippen molar-refractivity contribution in [2.75, 3.05) is 5.32 Å². The fraction of sp³-hybridized carbons (Fsp3) is 0. The summed E-state index contributed by atoms with van der Waals surface area (Å²) in [6.07, 6.45) is 5.33. The number of anilines is 2. The van der Waals surface area contributed by atoms with Crippen LogP contribution in [0.3, 0.4) is 0 Å². The van der Waals surface area contributed by atoms with Crippen LogP contribution in [0.5, 0.6) is 0 Å². The van der Waals surface area contributed by atoms with Crippen LogP contribution in [-0.2, 0) is 0 Å². The predicted octanol–water partition coefficient (Wildman–Crippen LogP) is 4.43. The van der Waals surface area contributed by atoms with Gasteiger partial charge in [0, 0.05) is 46.3 Å². The fourth-order valence-electron chi connectivity index (χ4n) is 2.30. The van der Waals surface area contributed by atoms with Crippen molar-refractivity contribution in [3.63, 3.8) is 0 Å². The Hall–Kier alpha value is -2.66. The van der Waals surface area contributed by atoms with Crippen LogP contribution >= 0.6 is 11.3 Å². The second kappa shape index (κ2) is 5.03. The van der Waals surface area contributed by atoms with Gasteiger partial charge in [-0.15, -0.1) is 0 Å². The van der Waals surface area contributed by atoms with Gasteiger partial charge >= 0.3 is 0 Å². The van der Waals surface area contributed by atoms with E-state index in [9.17, 15) is 0 Å². The Morgan fingerprint density at radius 2 is 1.95 bits per heavy atom. The zero-order valence-corrected chi connectivity index (χ0v) is 11.9. The Bertz CT molecular complexity index is 866. The maximum Gasteiger partial charge on any atom is 0.139 e. The van der Waals surface area contributed by atoms with Crippen LogP contribution in [0.2, 0.25) is 0 Å². The molecule has 0 atom stereocenters. The molecule has 21 heavy (non-hydrogen) atoms. The molecule has 4 heterocycles. The number of hydrogen-bond acceptors (Lipinski definition) is 4. The van der Waals surface area contributed by atoms with Gasteiger partial charge in [0.25, 0.3) is 0 Å². The van der Waals surface area contributed by atoms with Gasteiger partial charge in [0.1, 0.15) is 5.82 Å². The Kier molecular flexibility index (Phi) is 2.90. The van der Waals surface area contributed by atoms with E-state index in [2.05, 4.69) is 43.2 Å². The first-order chi connectivity index (χ1) is 10.4. The molecule has 4 rings (SSSR count). The largest absolute Gasteiger partial charge is 0.354 e. The summed E-state index contributed by atoms with van der Waals surface area (Å²) in [5, 5.41) is 8.63. The van der Waals surface area contributed by atoms with Crippen molar-refractivity contribution in [3.8, 4) is 11.3 Å². The Morgan fingerprint density at radius 3 is 2.76 bits per heavy atom. The minimum atomic E-state index is 0.844. The summed E-state index contributed by atoms with van der Waals surface area (Å²) in [5.41, 5.74) is 4.36. The number of H-pyrrole nitrogens is 1. The predicted molar refractivity (Wildman–Crippen MR) is 86.9 cm³/mol. The van der Waals surface area contributed by atoms with E-state index in [1.165, 1.54) is 5.56 Å². The van der Waals surface area contributed by atoms with Crippen LogP contribution in [0.25, 0.3) is 22.2 Å². The highest BCUT2D eigenvalue weighted by Crippen LogP contribution is 2.30. The molecule has 4 aromatic rings. The molecular weight excluding hydrogens is 280 g/mol. The van der Waals surface area contributed by atoms with E-state index >= 15 is 0 Å². The third-order valence-electron chi connectivity index (χ3n) is 3.32. The van der Waals surface area contributed by atoms with Crippen LogP contribution in [0.15, 0.2) is 59.7 Å². The molecule has 4 aromatic heterocycles. The highest BCUT2D eigenvalue weighted by atomic mass is 32.1. The lowest BCUT2D eigenvalue weighted by Gasteiger charge is -2.05. The third kappa shape index (κ3) is 2.28. The van der Waals surface area contributed by atoms with E-state index < -0.39 is 0 Å².